The molecule has 2 aromatic rings. The summed E-state index contributed by atoms with van der Waals surface area (Å²) in [6.07, 6.45) is 0. The van der Waals surface area contributed by atoms with Gasteiger partial charge in [-0.2, -0.15) is 0 Å². The lowest BCUT2D eigenvalue weighted by Gasteiger charge is -2.13. The topological polar surface area (TPSA) is 44.3 Å². The number of hydrogen-bond donors (Lipinski definition) is 3. The van der Waals surface area contributed by atoms with E-state index in [0.717, 1.165) is 16.9 Å². The lowest BCUT2D eigenvalue weighted by Crippen LogP contribution is -2.19. The van der Waals surface area contributed by atoms with Crippen LogP contribution in [0.1, 0.15) is 11.1 Å². The van der Waals surface area contributed by atoms with Gasteiger partial charge in [-0.1, -0.05) is 30.3 Å². The Morgan fingerprint density at radius 3 is 2.63 bits per heavy atom. The van der Waals surface area contributed by atoms with E-state index >= 15 is 0 Å². The predicted octanol–water partition coefficient (Wildman–Crippen LogP) is 3.30. The minimum Gasteiger partial charge on any atom is -0.392 e. The average molecular weight is 272 g/mol. The van der Waals surface area contributed by atoms with Gasteiger partial charge in [0.2, 0.25) is 0 Å². The van der Waals surface area contributed by atoms with Crippen molar-refractivity contribution in [2.75, 3.05) is 10.6 Å². The first-order valence-corrected chi connectivity index (χ1v) is 6.43. The molecule has 19 heavy (non-hydrogen) atoms. The Morgan fingerprint density at radius 1 is 1.11 bits per heavy atom. The summed E-state index contributed by atoms with van der Waals surface area (Å²) in [6.45, 7) is 2.01. The zero-order valence-corrected chi connectivity index (χ0v) is 11.5. The van der Waals surface area contributed by atoms with Crippen LogP contribution in [0.3, 0.4) is 0 Å². The first kappa shape index (κ1) is 13.5. The van der Waals surface area contributed by atoms with Crippen molar-refractivity contribution >= 4 is 28.7 Å². The van der Waals surface area contributed by atoms with Gasteiger partial charge in [0.05, 0.1) is 6.61 Å². The highest BCUT2D eigenvalue weighted by Crippen LogP contribution is 2.16. The first-order chi connectivity index (χ1) is 9.19. The van der Waals surface area contributed by atoms with Crippen molar-refractivity contribution in [2.45, 2.75) is 13.5 Å². The van der Waals surface area contributed by atoms with Crippen LogP contribution in [0.5, 0.6) is 0 Å². The maximum absolute atomic E-state index is 9.25. The van der Waals surface area contributed by atoms with Gasteiger partial charge in [0, 0.05) is 16.9 Å². The Hall–Kier alpha value is -1.91. The number of aliphatic hydroxyl groups is 1. The Bertz CT molecular complexity index is 584. The molecule has 0 saturated heterocycles. The van der Waals surface area contributed by atoms with Crippen molar-refractivity contribution in [1.82, 2.24) is 0 Å². The first-order valence-electron chi connectivity index (χ1n) is 6.02. The van der Waals surface area contributed by atoms with Crippen LogP contribution in [0.2, 0.25) is 0 Å². The van der Waals surface area contributed by atoms with Gasteiger partial charge >= 0.3 is 0 Å². The molecular formula is C15H16N2OS. The van der Waals surface area contributed by atoms with Crippen LogP contribution in [0.4, 0.5) is 11.4 Å². The quantitative estimate of drug-likeness (QED) is 0.750. The second-order valence-electron chi connectivity index (χ2n) is 4.26. The molecule has 0 aliphatic heterocycles. The lowest BCUT2D eigenvalue weighted by molar-refractivity contribution is 0.282. The van der Waals surface area contributed by atoms with Crippen molar-refractivity contribution in [3.63, 3.8) is 0 Å². The molecule has 2 rings (SSSR count). The minimum absolute atomic E-state index is 0.0176. The molecular weight excluding hydrogens is 256 g/mol. The number of benzene rings is 2. The van der Waals surface area contributed by atoms with Gasteiger partial charge < -0.3 is 15.7 Å². The van der Waals surface area contributed by atoms with Gasteiger partial charge in [-0.05, 0) is 42.9 Å². The lowest BCUT2D eigenvalue weighted by atomic mass is 10.2. The molecule has 0 unspecified atom stereocenters. The van der Waals surface area contributed by atoms with Crippen LogP contribution in [0, 0.1) is 6.92 Å². The Kier molecular flexibility index (Phi) is 4.49. The van der Waals surface area contributed by atoms with E-state index in [1.807, 2.05) is 55.5 Å². The fourth-order valence-corrected chi connectivity index (χ4v) is 2.02. The van der Waals surface area contributed by atoms with Crippen molar-refractivity contribution in [3.05, 3.63) is 59.7 Å². The van der Waals surface area contributed by atoms with Gasteiger partial charge in [-0.3, -0.25) is 0 Å². The van der Waals surface area contributed by atoms with E-state index in [9.17, 15) is 5.11 Å². The molecule has 0 heterocycles. The second-order valence-corrected chi connectivity index (χ2v) is 4.67. The van der Waals surface area contributed by atoms with E-state index in [-0.39, 0.29) is 6.61 Å². The highest BCUT2D eigenvalue weighted by atomic mass is 32.1. The van der Waals surface area contributed by atoms with Crippen LogP contribution in [-0.4, -0.2) is 10.2 Å². The van der Waals surface area contributed by atoms with Crippen LogP contribution in [0.25, 0.3) is 0 Å². The number of nitrogens with one attached hydrogen (secondary N) is 2. The summed E-state index contributed by atoms with van der Waals surface area (Å²) in [5.74, 6) is 0. The van der Waals surface area contributed by atoms with Crippen LogP contribution >= 0.6 is 12.2 Å². The normalized spacial score (nSPS) is 10.0. The minimum atomic E-state index is -0.0176. The average Bonchev–Trinajstić information content (AvgIpc) is 2.39. The molecule has 3 nitrogen and oxygen atoms in total. The summed E-state index contributed by atoms with van der Waals surface area (Å²) in [4.78, 5) is 0. The summed E-state index contributed by atoms with van der Waals surface area (Å²) in [5.41, 5.74) is 3.74. The van der Waals surface area contributed by atoms with Gasteiger partial charge in [-0.25, -0.2) is 0 Å². The summed E-state index contributed by atoms with van der Waals surface area (Å²) in [6, 6.07) is 15.5. The van der Waals surface area contributed by atoms with E-state index in [4.69, 9.17) is 12.2 Å². The molecule has 0 amide bonds. The van der Waals surface area contributed by atoms with E-state index in [1.54, 1.807) is 0 Å². The maximum Gasteiger partial charge on any atom is 0.175 e. The summed E-state index contributed by atoms with van der Waals surface area (Å²) in [7, 11) is 0. The largest absolute Gasteiger partial charge is 0.392 e. The number of anilines is 2. The molecule has 0 spiro atoms. The van der Waals surface area contributed by atoms with E-state index in [0.29, 0.717) is 5.11 Å². The molecule has 0 saturated carbocycles. The molecule has 0 aliphatic carbocycles. The molecule has 0 bridgehead atoms. The van der Waals surface area contributed by atoms with E-state index < -0.39 is 0 Å². The van der Waals surface area contributed by atoms with Crippen LogP contribution < -0.4 is 10.6 Å². The van der Waals surface area contributed by atoms with Gasteiger partial charge in [-0.15, -0.1) is 0 Å². The third-order valence-corrected chi connectivity index (χ3v) is 2.92. The highest BCUT2D eigenvalue weighted by Gasteiger charge is 2.03. The molecule has 0 radical (unpaired) electrons. The molecule has 98 valence electrons. The van der Waals surface area contributed by atoms with Crippen molar-refractivity contribution in [1.29, 1.82) is 0 Å². The molecule has 0 atom stereocenters. The maximum atomic E-state index is 9.25. The molecule has 0 aliphatic rings. The predicted molar refractivity (Wildman–Crippen MR) is 83.4 cm³/mol. The van der Waals surface area contributed by atoms with E-state index in [1.165, 1.54) is 5.56 Å². The highest BCUT2D eigenvalue weighted by molar-refractivity contribution is 7.80. The summed E-state index contributed by atoms with van der Waals surface area (Å²) < 4.78 is 0. The standard InChI is InChI=1S/C15H16N2OS/c1-11-5-4-7-13(9-11)16-15(19)17-14-8-3-2-6-12(14)10-18/h2-9,18H,10H2,1H3,(H2,16,17,19). The SMILES string of the molecule is Cc1cccc(NC(=S)Nc2ccccc2CO)c1. The van der Waals surface area contributed by atoms with Gasteiger partial charge in [0.15, 0.2) is 5.11 Å². The van der Waals surface area contributed by atoms with Crippen LogP contribution in [-0.2, 0) is 6.61 Å². The van der Waals surface area contributed by atoms with Gasteiger partial charge in [0.25, 0.3) is 0 Å². The number of hydrogen-bond acceptors (Lipinski definition) is 2. The van der Waals surface area contributed by atoms with E-state index in [2.05, 4.69) is 10.6 Å². The third kappa shape index (κ3) is 3.77. The Balaban J connectivity index is 2.05. The Morgan fingerprint density at radius 2 is 1.89 bits per heavy atom. The zero-order chi connectivity index (χ0) is 13.7. The zero-order valence-electron chi connectivity index (χ0n) is 10.7. The fourth-order valence-electron chi connectivity index (χ4n) is 1.79. The Labute approximate surface area is 118 Å². The number of thiocarbonyl (C=S) groups is 1. The second kappa shape index (κ2) is 6.31. The number of rotatable bonds is 3. The summed E-state index contributed by atoms with van der Waals surface area (Å²) in [5, 5.41) is 16.0. The molecule has 3 N–H and O–H groups in total. The number of aryl methyl sites for hydroxylation is 1. The molecule has 0 aromatic heterocycles. The summed E-state index contributed by atoms with van der Waals surface area (Å²) >= 11 is 5.26. The van der Waals surface area contributed by atoms with Gasteiger partial charge in [0.1, 0.15) is 0 Å². The number of para-hydroxylation sites is 1. The fraction of sp³-hybridized carbons (Fsp3) is 0.133. The van der Waals surface area contributed by atoms with Crippen molar-refractivity contribution < 1.29 is 5.11 Å². The van der Waals surface area contributed by atoms with Crippen LogP contribution in [0.15, 0.2) is 48.5 Å². The van der Waals surface area contributed by atoms with Crippen molar-refractivity contribution in [2.24, 2.45) is 0 Å². The number of aliphatic hydroxyl groups excluding tert-OH is 1. The third-order valence-electron chi connectivity index (χ3n) is 2.71. The molecule has 2 aromatic carbocycles. The smallest absolute Gasteiger partial charge is 0.175 e. The monoisotopic (exact) mass is 272 g/mol. The molecule has 4 heteroatoms. The van der Waals surface area contributed by atoms with Crippen molar-refractivity contribution in [3.8, 4) is 0 Å². The molecule has 0 fully saturated rings.